The highest BCUT2D eigenvalue weighted by Gasteiger charge is 2.45. The van der Waals surface area contributed by atoms with Crippen LogP contribution in [0.1, 0.15) is 19.4 Å². The minimum Gasteiger partial charge on any atom is -0.369 e. The van der Waals surface area contributed by atoms with Crippen molar-refractivity contribution in [3.8, 4) is 11.8 Å². The zero-order valence-corrected chi connectivity index (χ0v) is 18.6. The lowest BCUT2D eigenvalue weighted by atomic mass is 9.97. The second-order valence-electron chi connectivity index (χ2n) is 8.08. The summed E-state index contributed by atoms with van der Waals surface area (Å²) >= 11 is 0. The highest BCUT2D eigenvalue weighted by atomic mass is 16.2. The van der Waals surface area contributed by atoms with Gasteiger partial charge in [-0.25, -0.2) is 4.79 Å². The maximum absolute atomic E-state index is 13.1. The molecule has 3 N–H and O–H groups in total. The molecule has 0 aromatic heterocycles. The molecule has 0 radical (unpaired) electrons. The van der Waals surface area contributed by atoms with E-state index >= 15 is 0 Å². The molecule has 7 heteroatoms. The number of para-hydroxylation sites is 1. The van der Waals surface area contributed by atoms with Crippen molar-refractivity contribution in [2.45, 2.75) is 20.0 Å². The van der Waals surface area contributed by atoms with Gasteiger partial charge in [0.15, 0.2) is 0 Å². The molecule has 2 unspecified atom stereocenters. The molecule has 7 nitrogen and oxygen atoms in total. The van der Waals surface area contributed by atoms with E-state index < -0.39 is 24.0 Å². The highest BCUT2D eigenvalue weighted by molar-refractivity contribution is 6.17. The maximum atomic E-state index is 13.1. The van der Waals surface area contributed by atoms with Crippen molar-refractivity contribution in [2.75, 3.05) is 25.5 Å². The molecule has 32 heavy (non-hydrogen) atoms. The molecular formula is C25H29N5O2. The van der Waals surface area contributed by atoms with Crippen molar-refractivity contribution < 1.29 is 9.59 Å². The Kier molecular flexibility index (Phi) is 7.63. The number of rotatable bonds is 7. The number of imide groups is 1. The zero-order chi connectivity index (χ0) is 23.1. The van der Waals surface area contributed by atoms with Gasteiger partial charge in [-0.2, -0.15) is 0 Å². The first-order chi connectivity index (χ1) is 15.4. The number of anilines is 1. The van der Waals surface area contributed by atoms with Crippen LogP contribution in [0.4, 0.5) is 10.5 Å². The number of carbonyl (C=O) groups excluding carboxylic acids is 2. The van der Waals surface area contributed by atoms with E-state index in [0.29, 0.717) is 13.1 Å². The quantitative estimate of drug-likeness (QED) is 0.464. The Morgan fingerprint density at radius 3 is 2.28 bits per heavy atom. The number of carbonyl (C=O) groups is 2. The van der Waals surface area contributed by atoms with E-state index in [1.54, 1.807) is 0 Å². The fourth-order valence-corrected chi connectivity index (χ4v) is 3.51. The van der Waals surface area contributed by atoms with E-state index in [0.717, 1.165) is 16.2 Å². The molecule has 2 atom stereocenters. The van der Waals surface area contributed by atoms with E-state index in [4.69, 9.17) is 5.41 Å². The Balaban J connectivity index is 1.85. The summed E-state index contributed by atoms with van der Waals surface area (Å²) in [6.45, 7) is 4.63. The first-order valence-corrected chi connectivity index (χ1v) is 10.6. The Morgan fingerprint density at radius 2 is 1.66 bits per heavy atom. The van der Waals surface area contributed by atoms with Crippen LogP contribution in [0, 0.1) is 29.1 Å². The van der Waals surface area contributed by atoms with Gasteiger partial charge >= 0.3 is 6.03 Å². The molecule has 3 rings (SSSR count). The molecule has 0 saturated carbocycles. The van der Waals surface area contributed by atoms with Crippen LogP contribution in [-0.2, 0) is 4.79 Å². The third kappa shape index (κ3) is 5.54. The molecule has 1 heterocycles. The molecule has 0 bridgehead atoms. The van der Waals surface area contributed by atoms with Crippen LogP contribution in [0.2, 0.25) is 0 Å². The zero-order valence-electron chi connectivity index (χ0n) is 18.6. The van der Waals surface area contributed by atoms with Gasteiger partial charge in [-0.1, -0.05) is 62.1 Å². The van der Waals surface area contributed by atoms with E-state index in [1.807, 2.05) is 74.5 Å². The van der Waals surface area contributed by atoms with E-state index in [-0.39, 0.29) is 11.8 Å². The number of benzene rings is 2. The smallest absolute Gasteiger partial charge is 0.331 e. The lowest BCUT2D eigenvalue weighted by Crippen LogP contribution is -2.64. The molecule has 3 amide bonds. The summed E-state index contributed by atoms with van der Waals surface area (Å²) in [5.41, 5.74) is 1.70. The van der Waals surface area contributed by atoms with Gasteiger partial charge in [-0.15, -0.1) is 0 Å². The Hall–Kier alpha value is -3.63. The number of amidine groups is 1. The molecular weight excluding hydrogens is 402 g/mol. The van der Waals surface area contributed by atoms with Crippen molar-refractivity contribution in [2.24, 2.45) is 11.8 Å². The number of hydrogen-bond acceptors (Lipinski definition) is 5. The van der Waals surface area contributed by atoms with Gasteiger partial charge in [0.25, 0.3) is 0 Å². The van der Waals surface area contributed by atoms with Crippen LogP contribution in [0.15, 0.2) is 60.7 Å². The number of hydrogen-bond donors (Lipinski definition) is 3. The fraction of sp³-hybridized carbons (Fsp3) is 0.320. The number of nitrogens with zero attached hydrogens (tertiary/aromatic N) is 2. The molecule has 0 aliphatic carbocycles. The van der Waals surface area contributed by atoms with E-state index in [2.05, 4.69) is 22.5 Å². The molecule has 2 aromatic carbocycles. The molecule has 1 fully saturated rings. The topological polar surface area (TPSA) is 88.5 Å². The first-order valence-electron chi connectivity index (χ1n) is 10.6. The summed E-state index contributed by atoms with van der Waals surface area (Å²) in [6, 6.07) is 18.6. The molecule has 0 spiro atoms. The lowest BCUT2D eigenvalue weighted by molar-refractivity contribution is -0.131. The van der Waals surface area contributed by atoms with E-state index in [1.165, 1.54) is 11.9 Å². The molecule has 1 aliphatic rings. The average Bonchev–Trinajstić information content (AvgIpc) is 2.79. The summed E-state index contributed by atoms with van der Waals surface area (Å²) in [7, 11) is 1.46. The minimum absolute atomic E-state index is 0.0104. The summed E-state index contributed by atoms with van der Waals surface area (Å²) in [5, 5.41) is 15.3. The number of nitrogens with one attached hydrogen (secondary N) is 3. The Morgan fingerprint density at radius 1 is 1.03 bits per heavy atom. The first kappa shape index (κ1) is 23.0. The monoisotopic (exact) mass is 431 g/mol. The normalized spacial score (nSPS) is 17.2. The van der Waals surface area contributed by atoms with Gasteiger partial charge in [0, 0.05) is 24.8 Å². The van der Waals surface area contributed by atoms with Crippen LogP contribution >= 0.6 is 0 Å². The van der Waals surface area contributed by atoms with Crippen molar-refractivity contribution in [3.05, 3.63) is 66.2 Å². The summed E-state index contributed by atoms with van der Waals surface area (Å²) in [6.07, 6.45) is -0.618. The SMILES string of the molecule is CC(C)CN1C(=N)C(C(NCC#Cc2ccccc2)Nc2ccccc2)C(=O)N(C)C1=O. The number of amides is 3. The van der Waals surface area contributed by atoms with Gasteiger partial charge in [-0.05, 0) is 30.2 Å². The Bertz CT molecular complexity index is 1010. The van der Waals surface area contributed by atoms with Gasteiger partial charge in [0.2, 0.25) is 5.91 Å². The van der Waals surface area contributed by atoms with Crippen molar-refractivity contribution in [1.29, 1.82) is 5.41 Å². The van der Waals surface area contributed by atoms with Crippen LogP contribution in [0.3, 0.4) is 0 Å². The predicted molar refractivity (Wildman–Crippen MR) is 126 cm³/mol. The van der Waals surface area contributed by atoms with Gasteiger partial charge in [0.05, 0.1) is 12.7 Å². The van der Waals surface area contributed by atoms with Gasteiger partial charge in [-0.3, -0.25) is 25.3 Å². The molecule has 1 saturated heterocycles. The second-order valence-corrected chi connectivity index (χ2v) is 8.08. The third-order valence-electron chi connectivity index (χ3n) is 5.09. The van der Waals surface area contributed by atoms with Crippen molar-refractivity contribution >= 4 is 23.5 Å². The van der Waals surface area contributed by atoms with Crippen molar-refractivity contribution in [3.63, 3.8) is 0 Å². The summed E-state index contributed by atoms with van der Waals surface area (Å²) in [5.74, 6) is 5.01. The third-order valence-corrected chi connectivity index (χ3v) is 5.09. The standard InChI is InChI=1S/C25H29N5O2/c1-18(2)17-30-22(26)21(24(31)29(3)25(30)32)23(28-20-14-8-5-9-15-20)27-16-10-13-19-11-6-4-7-12-19/h4-9,11-12,14-15,18,21,23,26-28H,16-17H2,1-3H3. The number of urea groups is 1. The fourth-order valence-electron chi connectivity index (χ4n) is 3.51. The molecule has 1 aliphatic heterocycles. The summed E-state index contributed by atoms with van der Waals surface area (Å²) < 4.78 is 0. The van der Waals surface area contributed by atoms with Crippen LogP contribution < -0.4 is 10.6 Å². The lowest BCUT2D eigenvalue weighted by Gasteiger charge is -2.41. The van der Waals surface area contributed by atoms with Crippen LogP contribution in [0.25, 0.3) is 0 Å². The minimum atomic E-state index is -0.879. The average molecular weight is 432 g/mol. The largest absolute Gasteiger partial charge is 0.369 e. The van der Waals surface area contributed by atoms with E-state index in [9.17, 15) is 9.59 Å². The van der Waals surface area contributed by atoms with Gasteiger partial charge < -0.3 is 5.32 Å². The maximum Gasteiger partial charge on any atom is 0.331 e. The van der Waals surface area contributed by atoms with Crippen molar-refractivity contribution in [1.82, 2.24) is 15.1 Å². The summed E-state index contributed by atoms with van der Waals surface area (Å²) in [4.78, 5) is 28.2. The molecule has 166 valence electrons. The molecule has 2 aromatic rings. The predicted octanol–water partition coefficient (Wildman–Crippen LogP) is 3.21. The Labute approximate surface area is 189 Å². The highest BCUT2D eigenvalue weighted by Crippen LogP contribution is 2.22. The second kappa shape index (κ2) is 10.6. The van der Waals surface area contributed by atoms with Crippen LogP contribution in [0.5, 0.6) is 0 Å². The van der Waals surface area contributed by atoms with Crippen LogP contribution in [-0.4, -0.2) is 53.9 Å². The van der Waals surface area contributed by atoms with Gasteiger partial charge in [0.1, 0.15) is 11.8 Å².